The summed E-state index contributed by atoms with van der Waals surface area (Å²) in [5, 5.41) is 4.31. The molecule has 1 heterocycles. The summed E-state index contributed by atoms with van der Waals surface area (Å²) >= 11 is 15.7. The third-order valence-electron chi connectivity index (χ3n) is 2.57. The molecule has 2 aromatic rings. The highest BCUT2D eigenvalue weighted by Gasteiger charge is 2.11. The van der Waals surface area contributed by atoms with Gasteiger partial charge in [0.1, 0.15) is 17.3 Å². The van der Waals surface area contributed by atoms with Crippen molar-refractivity contribution in [3.63, 3.8) is 0 Å². The second kappa shape index (κ2) is 6.55. The van der Waals surface area contributed by atoms with Crippen LogP contribution in [-0.4, -0.2) is 9.97 Å². The Hall–Kier alpha value is -0.840. The van der Waals surface area contributed by atoms with Crippen molar-refractivity contribution in [1.29, 1.82) is 0 Å². The van der Waals surface area contributed by atoms with E-state index < -0.39 is 0 Å². The molecule has 1 aromatic heterocycles. The SMILES string of the molecule is CCCc1c(Cl)ncnc1Nc1cc(Br)ccc1Cl. The molecule has 0 saturated heterocycles. The molecule has 6 heteroatoms. The first-order valence-corrected chi connectivity index (χ1v) is 7.38. The summed E-state index contributed by atoms with van der Waals surface area (Å²) < 4.78 is 0.941. The molecule has 0 spiro atoms. The minimum atomic E-state index is 0.477. The Balaban J connectivity index is 2.37. The quantitative estimate of drug-likeness (QED) is 0.757. The number of nitrogens with zero attached hydrogens (tertiary/aromatic N) is 2. The van der Waals surface area contributed by atoms with Crippen LogP contribution >= 0.6 is 39.1 Å². The van der Waals surface area contributed by atoms with Gasteiger partial charge in [0, 0.05) is 10.0 Å². The molecule has 0 unspecified atom stereocenters. The molecule has 0 radical (unpaired) electrons. The molecule has 2 rings (SSSR count). The first kappa shape index (κ1) is 14.6. The van der Waals surface area contributed by atoms with Crippen LogP contribution in [0.5, 0.6) is 0 Å². The van der Waals surface area contributed by atoms with E-state index in [0.29, 0.717) is 16.0 Å². The van der Waals surface area contributed by atoms with Crippen LogP contribution in [0.1, 0.15) is 18.9 Å². The average Bonchev–Trinajstić information content (AvgIpc) is 2.38. The Kier molecular flexibility index (Phi) is 5.02. The predicted octanol–water partition coefficient (Wildman–Crippen LogP) is 5.24. The van der Waals surface area contributed by atoms with E-state index in [1.54, 1.807) is 0 Å². The predicted molar refractivity (Wildman–Crippen MR) is 83.5 cm³/mol. The molecule has 0 aliphatic rings. The minimum absolute atomic E-state index is 0.477. The molecule has 100 valence electrons. The van der Waals surface area contributed by atoms with Crippen LogP contribution in [0.3, 0.4) is 0 Å². The highest BCUT2D eigenvalue weighted by molar-refractivity contribution is 9.10. The molecule has 1 aromatic carbocycles. The fourth-order valence-corrected chi connectivity index (χ4v) is 2.44. The van der Waals surface area contributed by atoms with Crippen molar-refractivity contribution in [1.82, 2.24) is 9.97 Å². The molecule has 1 N–H and O–H groups in total. The Morgan fingerprint density at radius 2 is 2.05 bits per heavy atom. The smallest absolute Gasteiger partial charge is 0.138 e. The molecular weight excluding hydrogens is 349 g/mol. The van der Waals surface area contributed by atoms with Crippen LogP contribution < -0.4 is 5.32 Å². The number of anilines is 2. The van der Waals surface area contributed by atoms with Gasteiger partial charge in [0.15, 0.2) is 0 Å². The monoisotopic (exact) mass is 359 g/mol. The number of hydrogen-bond acceptors (Lipinski definition) is 3. The second-order valence-corrected chi connectivity index (χ2v) is 5.67. The number of nitrogens with one attached hydrogen (secondary N) is 1. The van der Waals surface area contributed by atoms with E-state index in [1.807, 2.05) is 18.2 Å². The van der Waals surface area contributed by atoms with Gasteiger partial charge in [-0.1, -0.05) is 52.5 Å². The highest BCUT2D eigenvalue weighted by Crippen LogP contribution is 2.30. The summed E-state index contributed by atoms with van der Waals surface area (Å²) in [6.45, 7) is 2.08. The Labute approximate surface area is 130 Å². The number of halogens is 3. The van der Waals surface area contributed by atoms with Gasteiger partial charge in [-0.15, -0.1) is 0 Å². The maximum absolute atomic E-state index is 6.16. The lowest BCUT2D eigenvalue weighted by Crippen LogP contribution is -2.01. The number of aromatic nitrogens is 2. The normalized spacial score (nSPS) is 10.5. The summed E-state index contributed by atoms with van der Waals surface area (Å²) in [7, 11) is 0. The average molecular weight is 361 g/mol. The van der Waals surface area contributed by atoms with E-state index in [-0.39, 0.29) is 0 Å². The van der Waals surface area contributed by atoms with E-state index >= 15 is 0 Å². The Morgan fingerprint density at radius 3 is 2.79 bits per heavy atom. The van der Waals surface area contributed by atoms with Crippen molar-refractivity contribution in [3.8, 4) is 0 Å². The van der Waals surface area contributed by atoms with Gasteiger partial charge in [-0.3, -0.25) is 0 Å². The maximum Gasteiger partial charge on any atom is 0.138 e. The van der Waals surface area contributed by atoms with Crippen molar-refractivity contribution < 1.29 is 0 Å². The molecule has 0 aliphatic heterocycles. The fourth-order valence-electron chi connectivity index (χ4n) is 1.69. The highest BCUT2D eigenvalue weighted by atomic mass is 79.9. The Bertz CT molecular complexity index is 590. The minimum Gasteiger partial charge on any atom is -0.339 e. The van der Waals surface area contributed by atoms with Gasteiger partial charge in [-0.05, 0) is 24.6 Å². The Morgan fingerprint density at radius 1 is 1.26 bits per heavy atom. The van der Waals surface area contributed by atoms with Gasteiger partial charge in [0.2, 0.25) is 0 Å². The van der Waals surface area contributed by atoms with Crippen LogP contribution in [0.2, 0.25) is 10.2 Å². The number of hydrogen-bond donors (Lipinski definition) is 1. The van der Waals surface area contributed by atoms with Gasteiger partial charge in [0.05, 0.1) is 10.7 Å². The van der Waals surface area contributed by atoms with Crippen LogP contribution in [0.15, 0.2) is 29.0 Å². The molecule has 0 bridgehead atoms. The van der Waals surface area contributed by atoms with Crippen molar-refractivity contribution >= 4 is 50.6 Å². The lowest BCUT2D eigenvalue weighted by molar-refractivity contribution is 0.904. The maximum atomic E-state index is 6.16. The zero-order valence-corrected chi connectivity index (χ0v) is 13.3. The van der Waals surface area contributed by atoms with Crippen LogP contribution in [0.4, 0.5) is 11.5 Å². The fraction of sp³-hybridized carbons (Fsp3) is 0.231. The van der Waals surface area contributed by atoms with Gasteiger partial charge in [-0.25, -0.2) is 9.97 Å². The molecule has 0 atom stereocenters. The van der Waals surface area contributed by atoms with E-state index in [2.05, 4.69) is 38.1 Å². The number of benzene rings is 1. The topological polar surface area (TPSA) is 37.8 Å². The van der Waals surface area contributed by atoms with Crippen molar-refractivity contribution in [2.45, 2.75) is 19.8 Å². The van der Waals surface area contributed by atoms with Crippen molar-refractivity contribution in [3.05, 3.63) is 44.7 Å². The lowest BCUT2D eigenvalue weighted by Gasteiger charge is -2.12. The zero-order valence-electron chi connectivity index (χ0n) is 10.3. The summed E-state index contributed by atoms with van der Waals surface area (Å²) in [4.78, 5) is 8.26. The summed E-state index contributed by atoms with van der Waals surface area (Å²) in [6, 6.07) is 5.59. The van der Waals surface area contributed by atoms with Crippen molar-refractivity contribution in [2.75, 3.05) is 5.32 Å². The summed E-state index contributed by atoms with van der Waals surface area (Å²) in [5.41, 5.74) is 1.69. The first-order valence-electron chi connectivity index (χ1n) is 5.83. The molecule has 0 fully saturated rings. The summed E-state index contributed by atoms with van der Waals surface area (Å²) in [5.74, 6) is 0.696. The van der Waals surface area contributed by atoms with Crippen LogP contribution in [0.25, 0.3) is 0 Å². The van der Waals surface area contributed by atoms with Crippen LogP contribution in [-0.2, 0) is 6.42 Å². The van der Waals surface area contributed by atoms with E-state index in [4.69, 9.17) is 23.2 Å². The molecule has 0 amide bonds. The molecular formula is C13H12BrCl2N3. The van der Waals surface area contributed by atoms with Gasteiger partial charge in [0.25, 0.3) is 0 Å². The van der Waals surface area contributed by atoms with Gasteiger partial charge < -0.3 is 5.32 Å². The first-order chi connectivity index (χ1) is 9.11. The van der Waals surface area contributed by atoms with Gasteiger partial charge >= 0.3 is 0 Å². The third-order valence-corrected chi connectivity index (χ3v) is 3.72. The zero-order chi connectivity index (χ0) is 13.8. The number of rotatable bonds is 4. The molecule has 0 saturated carbocycles. The van der Waals surface area contributed by atoms with Crippen LogP contribution in [0, 0.1) is 0 Å². The van der Waals surface area contributed by atoms with Crippen molar-refractivity contribution in [2.24, 2.45) is 0 Å². The second-order valence-electron chi connectivity index (χ2n) is 3.99. The third kappa shape index (κ3) is 3.59. The lowest BCUT2D eigenvalue weighted by atomic mass is 10.2. The molecule has 19 heavy (non-hydrogen) atoms. The summed E-state index contributed by atoms with van der Waals surface area (Å²) in [6.07, 6.45) is 3.22. The molecule has 3 nitrogen and oxygen atoms in total. The standard InChI is InChI=1S/C13H12BrCl2N3/c1-2-3-9-12(16)17-7-18-13(9)19-11-6-8(14)4-5-10(11)15/h4-7H,2-3H2,1H3,(H,17,18,19). The largest absolute Gasteiger partial charge is 0.339 e. The van der Waals surface area contributed by atoms with E-state index in [1.165, 1.54) is 6.33 Å². The molecule has 0 aliphatic carbocycles. The van der Waals surface area contributed by atoms with Gasteiger partial charge in [-0.2, -0.15) is 0 Å². The van der Waals surface area contributed by atoms with E-state index in [9.17, 15) is 0 Å². The van der Waals surface area contributed by atoms with E-state index in [0.717, 1.165) is 28.6 Å².